The summed E-state index contributed by atoms with van der Waals surface area (Å²) in [6, 6.07) is 14.7. The maximum atomic E-state index is 13.2. The molecule has 0 unspecified atom stereocenters. The molecule has 9 heteroatoms. The van der Waals surface area contributed by atoms with E-state index in [0.717, 1.165) is 28.8 Å². The summed E-state index contributed by atoms with van der Waals surface area (Å²) in [5.74, 6) is 0.0102. The number of nitro benzene ring substituents is 1. The van der Waals surface area contributed by atoms with Crippen molar-refractivity contribution in [3.8, 4) is 0 Å². The van der Waals surface area contributed by atoms with E-state index in [9.17, 15) is 18.5 Å². The van der Waals surface area contributed by atoms with Crippen molar-refractivity contribution in [3.63, 3.8) is 0 Å². The minimum absolute atomic E-state index is 0.0154. The van der Waals surface area contributed by atoms with Crippen LogP contribution in [0.25, 0.3) is 0 Å². The van der Waals surface area contributed by atoms with Gasteiger partial charge in [0, 0.05) is 40.0 Å². The molecule has 5 rings (SSSR count). The molecule has 0 amide bonds. The Kier molecular flexibility index (Phi) is 5.81. The van der Waals surface area contributed by atoms with Gasteiger partial charge < -0.3 is 5.32 Å². The van der Waals surface area contributed by atoms with Gasteiger partial charge in [-0.3, -0.25) is 14.8 Å². The molecule has 7 nitrogen and oxygen atoms in total. The summed E-state index contributed by atoms with van der Waals surface area (Å²) in [6.45, 7) is 3.91. The molecule has 2 aliphatic rings. The number of nitrogens with one attached hydrogen (secondary N) is 2. The fraction of sp³-hybridized carbons (Fsp3) is 0.231. The lowest BCUT2D eigenvalue weighted by Gasteiger charge is -2.38. The Morgan fingerprint density at radius 1 is 1.03 bits per heavy atom. The van der Waals surface area contributed by atoms with Crippen molar-refractivity contribution in [2.45, 2.75) is 37.1 Å². The fourth-order valence-corrected chi connectivity index (χ4v) is 6.27. The predicted molar refractivity (Wildman–Crippen MR) is 138 cm³/mol. The molecule has 3 aromatic carbocycles. The van der Waals surface area contributed by atoms with Crippen LogP contribution < -0.4 is 10.0 Å². The van der Waals surface area contributed by atoms with Crippen molar-refractivity contribution >= 4 is 38.7 Å². The summed E-state index contributed by atoms with van der Waals surface area (Å²) in [5, 5.41) is 15.3. The van der Waals surface area contributed by atoms with Gasteiger partial charge in [0.15, 0.2) is 0 Å². The summed E-state index contributed by atoms with van der Waals surface area (Å²) >= 11 is 6.46. The van der Waals surface area contributed by atoms with Gasteiger partial charge in [0.05, 0.1) is 15.9 Å². The van der Waals surface area contributed by atoms with Crippen LogP contribution in [0.4, 0.5) is 17.1 Å². The van der Waals surface area contributed by atoms with Gasteiger partial charge in [-0.2, -0.15) is 0 Å². The molecule has 1 aliphatic heterocycles. The number of non-ortho nitro benzene ring substituents is 1. The highest BCUT2D eigenvalue weighted by molar-refractivity contribution is 7.92. The van der Waals surface area contributed by atoms with Crippen LogP contribution in [0.3, 0.4) is 0 Å². The van der Waals surface area contributed by atoms with Crippen LogP contribution >= 0.6 is 11.6 Å². The van der Waals surface area contributed by atoms with Crippen LogP contribution in [0.1, 0.15) is 40.6 Å². The largest absolute Gasteiger partial charge is 0.378 e. The topological polar surface area (TPSA) is 101 Å². The Morgan fingerprint density at radius 3 is 2.57 bits per heavy atom. The van der Waals surface area contributed by atoms with E-state index in [0.29, 0.717) is 16.3 Å². The van der Waals surface area contributed by atoms with Crippen molar-refractivity contribution in [2.75, 3.05) is 10.0 Å². The van der Waals surface area contributed by atoms with Crippen LogP contribution in [-0.2, 0) is 10.0 Å². The van der Waals surface area contributed by atoms with Crippen molar-refractivity contribution < 1.29 is 13.3 Å². The van der Waals surface area contributed by atoms with Gasteiger partial charge in [-0.25, -0.2) is 8.42 Å². The van der Waals surface area contributed by atoms with E-state index in [4.69, 9.17) is 11.6 Å². The lowest BCUT2D eigenvalue weighted by molar-refractivity contribution is -0.384. The Labute approximate surface area is 209 Å². The zero-order valence-electron chi connectivity index (χ0n) is 19.2. The molecule has 0 saturated carbocycles. The van der Waals surface area contributed by atoms with Crippen molar-refractivity contribution in [2.24, 2.45) is 5.92 Å². The highest BCUT2D eigenvalue weighted by atomic mass is 35.5. The average Bonchev–Trinajstić information content (AvgIpc) is 3.31. The number of halogens is 1. The smallest absolute Gasteiger partial charge is 0.269 e. The summed E-state index contributed by atoms with van der Waals surface area (Å²) < 4.78 is 29.0. The first-order valence-electron chi connectivity index (χ1n) is 11.2. The summed E-state index contributed by atoms with van der Waals surface area (Å²) in [6.07, 6.45) is 4.90. The first-order chi connectivity index (χ1) is 16.6. The van der Waals surface area contributed by atoms with Gasteiger partial charge in [0.25, 0.3) is 15.7 Å². The number of nitrogens with zero attached hydrogens (tertiary/aromatic N) is 1. The highest BCUT2D eigenvalue weighted by Crippen LogP contribution is 2.51. The number of rotatable bonds is 5. The Morgan fingerprint density at radius 2 is 1.83 bits per heavy atom. The van der Waals surface area contributed by atoms with Gasteiger partial charge in [-0.1, -0.05) is 29.8 Å². The van der Waals surface area contributed by atoms with E-state index in [1.807, 2.05) is 26.0 Å². The van der Waals surface area contributed by atoms with Crippen LogP contribution in [-0.4, -0.2) is 13.3 Å². The van der Waals surface area contributed by atoms with E-state index < -0.39 is 14.9 Å². The number of benzene rings is 3. The second kappa shape index (κ2) is 8.70. The van der Waals surface area contributed by atoms with E-state index in [-0.39, 0.29) is 28.5 Å². The standard InChI is InChI=1S/C26H24ClN3O4S/c1-15-6-7-17(12-16(15)2)29-35(33,34)19-9-11-25-22(14-19)20-4-3-5-21(20)26(28-25)23-13-18(30(31)32)8-10-24(23)27/h3-4,6-14,20-21,26,28-29H,5H2,1-2H3/t20-,21+,26-/m0/s1. The first-order valence-corrected chi connectivity index (χ1v) is 13.1. The molecule has 2 N–H and O–H groups in total. The second-order valence-electron chi connectivity index (χ2n) is 9.09. The number of hydrogen-bond acceptors (Lipinski definition) is 5. The Bertz CT molecular complexity index is 1490. The van der Waals surface area contributed by atoms with Crippen molar-refractivity contribution in [1.29, 1.82) is 0 Å². The van der Waals surface area contributed by atoms with E-state index in [1.165, 1.54) is 12.1 Å². The third-order valence-corrected chi connectivity index (χ3v) is 8.65. The molecule has 3 aromatic rings. The number of hydrogen-bond donors (Lipinski definition) is 2. The quantitative estimate of drug-likeness (QED) is 0.232. The molecule has 0 radical (unpaired) electrons. The zero-order valence-corrected chi connectivity index (χ0v) is 20.7. The van der Waals surface area contributed by atoms with Crippen molar-refractivity contribution in [1.82, 2.24) is 0 Å². The van der Waals surface area contributed by atoms with Crippen LogP contribution in [0.2, 0.25) is 5.02 Å². The van der Waals surface area contributed by atoms with Gasteiger partial charge in [0.1, 0.15) is 0 Å². The molecule has 0 fully saturated rings. The van der Waals surface area contributed by atoms with Gasteiger partial charge in [0.2, 0.25) is 0 Å². The van der Waals surface area contributed by atoms with E-state index in [2.05, 4.69) is 22.2 Å². The number of fused-ring (bicyclic) bond motifs is 3. The Balaban J connectivity index is 1.50. The number of nitro groups is 1. The van der Waals surface area contributed by atoms with Crippen LogP contribution in [0, 0.1) is 29.9 Å². The monoisotopic (exact) mass is 509 g/mol. The number of aryl methyl sites for hydroxylation is 2. The number of sulfonamides is 1. The molecule has 35 heavy (non-hydrogen) atoms. The van der Waals surface area contributed by atoms with Gasteiger partial charge in [-0.05, 0) is 79.3 Å². The van der Waals surface area contributed by atoms with E-state index >= 15 is 0 Å². The Hall–Kier alpha value is -3.36. The molecular weight excluding hydrogens is 486 g/mol. The molecule has 3 atom stereocenters. The molecule has 0 aromatic heterocycles. The number of anilines is 2. The molecule has 180 valence electrons. The summed E-state index contributed by atoms with van der Waals surface area (Å²) in [7, 11) is -3.79. The predicted octanol–water partition coefficient (Wildman–Crippen LogP) is 6.49. The minimum Gasteiger partial charge on any atom is -0.378 e. The molecule has 0 saturated heterocycles. The van der Waals surface area contributed by atoms with Crippen molar-refractivity contribution in [3.05, 3.63) is 104 Å². The normalized spacial score (nSPS) is 20.6. The fourth-order valence-electron chi connectivity index (χ4n) is 4.95. The van der Waals surface area contributed by atoms with Gasteiger partial charge in [-0.15, -0.1) is 0 Å². The van der Waals surface area contributed by atoms with Crippen LogP contribution in [0.5, 0.6) is 0 Å². The minimum atomic E-state index is -3.79. The van der Waals surface area contributed by atoms with E-state index in [1.54, 1.807) is 30.3 Å². The summed E-state index contributed by atoms with van der Waals surface area (Å²) in [4.78, 5) is 11.1. The number of allylic oxidation sites excluding steroid dienone is 2. The molecule has 0 spiro atoms. The third-order valence-electron chi connectivity index (χ3n) is 6.93. The lowest BCUT2D eigenvalue weighted by Crippen LogP contribution is -2.29. The SMILES string of the molecule is Cc1ccc(NS(=O)(=O)c2ccc3c(c2)[C@H]2C=CC[C@H]2[C@@H](c2cc([N+](=O)[O-])ccc2Cl)N3)cc1C. The second-order valence-corrected chi connectivity index (χ2v) is 11.2. The highest BCUT2D eigenvalue weighted by Gasteiger charge is 2.39. The maximum Gasteiger partial charge on any atom is 0.269 e. The maximum absolute atomic E-state index is 13.2. The molecular formula is C26H24ClN3O4S. The molecule has 0 bridgehead atoms. The first kappa shape index (κ1) is 23.4. The lowest BCUT2D eigenvalue weighted by atomic mass is 9.77. The summed E-state index contributed by atoms with van der Waals surface area (Å²) in [5.41, 5.74) is 4.93. The average molecular weight is 510 g/mol. The molecule has 1 heterocycles. The zero-order chi connectivity index (χ0) is 24.9. The van der Waals surface area contributed by atoms with Crippen LogP contribution in [0.15, 0.2) is 71.6 Å². The van der Waals surface area contributed by atoms with Gasteiger partial charge >= 0.3 is 0 Å². The molecule has 1 aliphatic carbocycles. The third kappa shape index (κ3) is 4.28.